The van der Waals surface area contributed by atoms with Gasteiger partial charge < -0.3 is 4.74 Å². The maximum atomic E-state index is 5.05. The largest absolute Gasteiger partial charge is 0.466 e. The van der Waals surface area contributed by atoms with Crippen molar-refractivity contribution < 1.29 is 4.74 Å². The van der Waals surface area contributed by atoms with Crippen LogP contribution in [0.2, 0.25) is 0 Å². The molecule has 0 amide bonds. The van der Waals surface area contributed by atoms with Gasteiger partial charge in [0.25, 0.3) is 0 Å². The Bertz CT molecular complexity index is 132. The zero-order valence-electron chi connectivity index (χ0n) is 5.92. The Balaban J connectivity index is 3.71. The van der Waals surface area contributed by atoms with Gasteiger partial charge >= 0.3 is 0 Å². The summed E-state index contributed by atoms with van der Waals surface area (Å²) < 4.78 is 5.05. The number of ether oxygens (including phenoxy) is 1. The number of allylic oxidation sites excluding steroid dienone is 3. The molecular formula is C8H12O. The van der Waals surface area contributed by atoms with Crippen LogP contribution in [0.25, 0.3) is 0 Å². The van der Waals surface area contributed by atoms with Crippen molar-refractivity contribution in [3.63, 3.8) is 0 Å². The summed E-state index contributed by atoms with van der Waals surface area (Å²) in [7, 11) is 0. The van der Waals surface area contributed by atoms with Crippen molar-refractivity contribution in [3.05, 3.63) is 36.8 Å². The molecule has 0 atom stereocenters. The first-order valence-electron chi connectivity index (χ1n) is 2.91. The molecule has 0 aliphatic carbocycles. The quantitative estimate of drug-likeness (QED) is 0.415. The van der Waals surface area contributed by atoms with Gasteiger partial charge in [-0.15, -0.1) is 0 Å². The molecule has 0 fully saturated rings. The van der Waals surface area contributed by atoms with E-state index in [9.17, 15) is 0 Å². The third-order valence-electron chi connectivity index (χ3n) is 0.826. The first-order chi connectivity index (χ1) is 4.35. The molecule has 0 heterocycles. The standard InChI is InChI=1S/C8H12O/c1-4-7-9-8(5-2)6-3/h4-7H,2H2,1,3H3/b7-4+,8-6+. The minimum Gasteiger partial charge on any atom is -0.466 e. The van der Waals surface area contributed by atoms with Gasteiger partial charge in [0.15, 0.2) is 0 Å². The molecule has 1 heteroatoms. The number of hydrogen-bond acceptors (Lipinski definition) is 1. The number of hydrogen-bond donors (Lipinski definition) is 0. The normalized spacial score (nSPS) is 12.0. The van der Waals surface area contributed by atoms with Crippen LogP contribution in [0.5, 0.6) is 0 Å². The lowest BCUT2D eigenvalue weighted by Gasteiger charge is -1.96. The molecule has 0 saturated heterocycles. The summed E-state index contributed by atoms with van der Waals surface area (Å²) in [6, 6.07) is 0. The molecular weight excluding hydrogens is 112 g/mol. The topological polar surface area (TPSA) is 9.23 Å². The summed E-state index contributed by atoms with van der Waals surface area (Å²) in [5.74, 6) is 0.785. The predicted octanol–water partition coefficient (Wildman–Crippen LogP) is 2.63. The van der Waals surface area contributed by atoms with Crippen LogP contribution in [0.1, 0.15) is 13.8 Å². The van der Waals surface area contributed by atoms with Gasteiger partial charge in [0.1, 0.15) is 5.76 Å². The summed E-state index contributed by atoms with van der Waals surface area (Å²) in [5.41, 5.74) is 0. The van der Waals surface area contributed by atoms with Crippen LogP contribution >= 0.6 is 0 Å². The van der Waals surface area contributed by atoms with Crippen LogP contribution in [0, 0.1) is 0 Å². The highest BCUT2D eigenvalue weighted by Gasteiger charge is 1.81. The molecule has 0 aromatic rings. The van der Waals surface area contributed by atoms with Gasteiger partial charge in [0.05, 0.1) is 6.26 Å². The zero-order valence-corrected chi connectivity index (χ0v) is 5.92. The van der Waals surface area contributed by atoms with Crippen molar-refractivity contribution >= 4 is 0 Å². The van der Waals surface area contributed by atoms with Crippen LogP contribution in [-0.4, -0.2) is 0 Å². The maximum absolute atomic E-state index is 5.05. The zero-order chi connectivity index (χ0) is 7.11. The fourth-order valence-electron chi connectivity index (χ4n) is 0.381. The van der Waals surface area contributed by atoms with Crippen molar-refractivity contribution in [1.82, 2.24) is 0 Å². The summed E-state index contributed by atoms with van der Waals surface area (Å²) in [6.45, 7) is 7.36. The fraction of sp³-hybridized carbons (Fsp3) is 0.250. The molecule has 0 aliphatic rings. The van der Waals surface area contributed by atoms with Gasteiger partial charge in [0.2, 0.25) is 0 Å². The van der Waals surface area contributed by atoms with E-state index in [1.807, 2.05) is 26.0 Å². The van der Waals surface area contributed by atoms with E-state index in [1.54, 1.807) is 12.3 Å². The van der Waals surface area contributed by atoms with E-state index >= 15 is 0 Å². The van der Waals surface area contributed by atoms with Crippen molar-refractivity contribution in [2.75, 3.05) is 0 Å². The van der Waals surface area contributed by atoms with Crippen molar-refractivity contribution in [2.24, 2.45) is 0 Å². The average Bonchev–Trinajstić information content (AvgIpc) is 1.91. The summed E-state index contributed by atoms with van der Waals surface area (Å²) in [5, 5.41) is 0. The minimum absolute atomic E-state index is 0.785. The highest BCUT2D eigenvalue weighted by atomic mass is 16.5. The van der Waals surface area contributed by atoms with E-state index in [2.05, 4.69) is 6.58 Å². The molecule has 0 N–H and O–H groups in total. The lowest BCUT2D eigenvalue weighted by Crippen LogP contribution is -1.76. The Kier molecular flexibility index (Phi) is 4.60. The lowest BCUT2D eigenvalue weighted by atomic mass is 10.4. The van der Waals surface area contributed by atoms with Gasteiger partial charge in [-0.25, -0.2) is 0 Å². The third kappa shape index (κ3) is 3.59. The van der Waals surface area contributed by atoms with Gasteiger partial charge in [-0.05, 0) is 26.0 Å². The van der Waals surface area contributed by atoms with Gasteiger partial charge in [0, 0.05) is 0 Å². The Morgan fingerprint density at radius 3 is 2.44 bits per heavy atom. The van der Waals surface area contributed by atoms with Crippen LogP contribution in [0.4, 0.5) is 0 Å². The lowest BCUT2D eigenvalue weighted by molar-refractivity contribution is 0.367. The third-order valence-corrected chi connectivity index (χ3v) is 0.826. The Hall–Kier alpha value is -0.980. The highest BCUT2D eigenvalue weighted by molar-refractivity contribution is 5.07. The average molecular weight is 124 g/mol. The second-order valence-electron chi connectivity index (χ2n) is 1.48. The smallest absolute Gasteiger partial charge is 0.121 e. The van der Waals surface area contributed by atoms with Crippen molar-refractivity contribution in [2.45, 2.75) is 13.8 Å². The Labute approximate surface area is 56.3 Å². The second-order valence-corrected chi connectivity index (χ2v) is 1.48. The Morgan fingerprint density at radius 2 is 2.11 bits per heavy atom. The van der Waals surface area contributed by atoms with Gasteiger partial charge in [-0.2, -0.15) is 0 Å². The molecule has 0 aliphatic heterocycles. The first kappa shape index (κ1) is 8.02. The molecule has 0 unspecified atom stereocenters. The summed E-state index contributed by atoms with van der Waals surface area (Å²) >= 11 is 0. The minimum atomic E-state index is 0.785. The van der Waals surface area contributed by atoms with Crippen molar-refractivity contribution in [1.29, 1.82) is 0 Å². The van der Waals surface area contributed by atoms with E-state index in [4.69, 9.17) is 4.74 Å². The molecule has 0 rings (SSSR count). The number of rotatable bonds is 3. The molecule has 0 saturated carbocycles. The Morgan fingerprint density at radius 1 is 1.44 bits per heavy atom. The summed E-state index contributed by atoms with van der Waals surface area (Å²) in [6.07, 6.45) is 6.97. The fourth-order valence-corrected chi connectivity index (χ4v) is 0.381. The van der Waals surface area contributed by atoms with E-state index in [0.29, 0.717) is 0 Å². The SMILES string of the molecule is C=C/C(=C\C)O/C=C/C. The predicted molar refractivity (Wildman–Crippen MR) is 39.9 cm³/mol. The molecule has 0 aromatic carbocycles. The molecule has 0 radical (unpaired) electrons. The summed E-state index contributed by atoms with van der Waals surface area (Å²) in [4.78, 5) is 0. The molecule has 9 heavy (non-hydrogen) atoms. The van der Waals surface area contributed by atoms with Crippen LogP contribution in [0.3, 0.4) is 0 Å². The van der Waals surface area contributed by atoms with Crippen molar-refractivity contribution in [3.8, 4) is 0 Å². The molecule has 50 valence electrons. The van der Waals surface area contributed by atoms with E-state index in [0.717, 1.165) is 5.76 Å². The molecule has 0 spiro atoms. The van der Waals surface area contributed by atoms with Crippen LogP contribution < -0.4 is 0 Å². The highest BCUT2D eigenvalue weighted by Crippen LogP contribution is 1.97. The van der Waals surface area contributed by atoms with E-state index in [1.165, 1.54) is 0 Å². The van der Waals surface area contributed by atoms with Gasteiger partial charge in [-0.1, -0.05) is 12.7 Å². The van der Waals surface area contributed by atoms with Crippen LogP contribution in [-0.2, 0) is 4.74 Å². The van der Waals surface area contributed by atoms with Crippen LogP contribution in [0.15, 0.2) is 36.8 Å². The second kappa shape index (κ2) is 5.16. The molecule has 0 bridgehead atoms. The monoisotopic (exact) mass is 124 g/mol. The maximum Gasteiger partial charge on any atom is 0.121 e. The first-order valence-corrected chi connectivity index (χ1v) is 2.91. The molecule has 1 nitrogen and oxygen atoms in total. The molecule has 0 aromatic heterocycles. The van der Waals surface area contributed by atoms with E-state index < -0.39 is 0 Å². The van der Waals surface area contributed by atoms with Gasteiger partial charge in [-0.3, -0.25) is 0 Å². The van der Waals surface area contributed by atoms with E-state index in [-0.39, 0.29) is 0 Å².